The first-order chi connectivity index (χ1) is 15.7. The Kier molecular flexibility index (Phi) is 17.4. The fourth-order valence-electron chi connectivity index (χ4n) is 3.69. The van der Waals surface area contributed by atoms with Crippen LogP contribution in [0.2, 0.25) is 0 Å². The Bertz CT molecular complexity index is 623. The fourth-order valence-corrected chi connectivity index (χ4v) is 3.69. The molecule has 8 heteroatoms. The number of methoxy groups -OCH3 is 1. The number of piperidine rings is 1. The van der Waals surface area contributed by atoms with Crippen LogP contribution in [-0.2, 0) is 16.0 Å². The van der Waals surface area contributed by atoms with Gasteiger partial charge in [-0.15, -0.1) is 24.0 Å². The van der Waals surface area contributed by atoms with Crippen molar-refractivity contribution in [3.05, 3.63) is 29.8 Å². The summed E-state index contributed by atoms with van der Waals surface area (Å²) in [6, 6.07) is 8.40. The van der Waals surface area contributed by atoms with Crippen molar-refractivity contribution in [3.8, 4) is 5.75 Å². The third-order valence-electron chi connectivity index (χ3n) is 5.68. The molecule has 0 aromatic heterocycles. The Morgan fingerprint density at radius 1 is 1.00 bits per heavy atom. The molecular formula is C25H45IN4O3. The molecule has 0 radical (unpaired) electrons. The van der Waals surface area contributed by atoms with Gasteiger partial charge in [0.2, 0.25) is 0 Å². The number of guanidine groups is 1. The van der Waals surface area contributed by atoms with E-state index in [1.807, 2.05) is 12.1 Å². The number of nitrogens with zero attached hydrogens (tertiary/aromatic N) is 2. The van der Waals surface area contributed by atoms with E-state index in [9.17, 15) is 0 Å². The molecule has 0 spiro atoms. The first-order valence-corrected chi connectivity index (χ1v) is 12.3. The largest absolute Gasteiger partial charge is 0.497 e. The maximum Gasteiger partial charge on any atom is 0.191 e. The number of aliphatic imine (C=N–C) groups is 1. The molecule has 0 amide bonds. The van der Waals surface area contributed by atoms with E-state index in [-0.39, 0.29) is 24.0 Å². The number of halogens is 1. The van der Waals surface area contributed by atoms with Crippen LogP contribution in [0.4, 0.5) is 0 Å². The second kappa shape index (κ2) is 19.2. The van der Waals surface area contributed by atoms with Crippen LogP contribution in [0.5, 0.6) is 5.75 Å². The van der Waals surface area contributed by atoms with Gasteiger partial charge in [0.15, 0.2) is 5.96 Å². The summed E-state index contributed by atoms with van der Waals surface area (Å²) in [4.78, 5) is 7.35. The zero-order valence-electron chi connectivity index (χ0n) is 20.8. The standard InChI is InChI=1S/C25H44N4O3.HI/c1-4-6-16-31-18-19-32-17-13-27-25(26-5-2)28-20-22-11-14-29(15-12-22)21-23-7-9-24(30-3)10-8-23;/h7-10,22H,4-6,11-21H2,1-3H3,(H2,26,27,28);1H. The number of nitrogens with one attached hydrogen (secondary N) is 2. The molecule has 1 aromatic carbocycles. The lowest BCUT2D eigenvalue weighted by atomic mass is 9.96. The van der Waals surface area contributed by atoms with Crippen molar-refractivity contribution in [2.24, 2.45) is 10.9 Å². The number of likely N-dealkylation sites (tertiary alicyclic amines) is 1. The average molecular weight is 577 g/mol. The van der Waals surface area contributed by atoms with Gasteiger partial charge >= 0.3 is 0 Å². The average Bonchev–Trinajstić information content (AvgIpc) is 2.83. The monoisotopic (exact) mass is 576 g/mol. The molecule has 1 heterocycles. The summed E-state index contributed by atoms with van der Waals surface area (Å²) >= 11 is 0. The van der Waals surface area contributed by atoms with Gasteiger partial charge in [0, 0.05) is 32.8 Å². The zero-order chi connectivity index (χ0) is 22.9. The summed E-state index contributed by atoms with van der Waals surface area (Å²) in [5, 5.41) is 6.71. The predicted molar refractivity (Wildman–Crippen MR) is 147 cm³/mol. The van der Waals surface area contributed by atoms with Crippen LogP contribution in [0.3, 0.4) is 0 Å². The van der Waals surface area contributed by atoms with Gasteiger partial charge in [-0.1, -0.05) is 25.5 Å². The van der Waals surface area contributed by atoms with Gasteiger partial charge in [-0.2, -0.15) is 0 Å². The molecule has 0 atom stereocenters. The molecule has 1 saturated heterocycles. The topological polar surface area (TPSA) is 67.4 Å². The maximum atomic E-state index is 5.63. The summed E-state index contributed by atoms with van der Waals surface area (Å²) in [5.74, 6) is 2.45. The lowest BCUT2D eigenvalue weighted by Gasteiger charge is -2.31. The van der Waals surface area contributed by atoms with E-state index in [0.29, 0.717) is 25.7 Å². The number of rotatable bonds is 15. The SMILES string of the molecule is CCCCOCCOCCNC(=NCC1CCN(Cc2ccc(OC)cc2)CC1)NCC.I. The van der Waals surface area contributed by atoms with E-state index in [1.165, 1.54) is 24.8 Å². The van der Waals surface area contributed by atoms with Crippen LogP contribution in [0.1, 0.15) is 45.1 Å². The van der Waals surface area contributed by atoms with Crippen molar-refractivity contribution >= 4 is 29.9 Å². The van der Waals surface area contributed by atoms with Gasteiger partial charge in [-0.3, -0.25) is 9.89 Å². The van der Waals surface area contributed by atoms with Gasteiger partial charge < -0.3 is 24.8 Å². The molecule has 0 unspecified atom stereocenters. The Labute approximate surface area is 218 Å². The molecule has 190 valence electrons. The summed E-state index contributed by atoms with van der Waals surface area (Å²) in [7, 11) is 1.71. The molecule has 1 fully saturated rings. The van der Waals surface area contributed by atoms with E-state index in [4.69, 9.17) is 19.2 Å². The van der Waals surface area contributed by atoms with E-state index >= 15 is 0 Å². The molecule has 0 aliphatic carbocycles. The highest BCUT2D eigenvalue weighted by molar-refractivity contribution is 14.0. The van der Waals surface area contributed by atoms with E-state index in [1.54, 1.807) is 7.11 Å². The van der Waals surface area contributed by atoms with Gasteiger partial charge in [-0.25, -0.2) is 0 Å². The lowest BCUT2D eigenvalue weighted by molar-refractivity contribution is 0.0487. The first kappa shape index (κ1) is 29.9. The number of ether oxygens (including phenoxy) is 3. The summed E-state index contributed by atoms with van der Waals surface area (Å²) in [5.41, 5.74) is 1.34. The van der Waals surface area contributed by atoms with Gasteiger partial charge in [0.05, 0.1) is 26.9 Å². The number of unbranched alkanes of at least 4 members (excludes halogenated alkanes) is 1. The first-order valence-electron chi connectivity index (χ1n) is 12.3. The van der Waals surface area contributed by atoms with Crippen molar-refractivity contribution in [2.75, 3.05) is 66.3 Å². The minimum Gasteiger partial charge on any atom is -0.497 e. The highest BCUT2D eigenvalue weighted by atomic mass is 127. The number of hydrogen-bond acceptors (Lipinski definition) is 5. The van der Waals surface area contributed by atoms with Crippen LogP contribution < -0.4 is 15.4 Å². The van der Waals surface area contributed by atoms with Crippen LogP contribution in [0.15, 0.2) is 29.3 Å². The normalized spacial score (nSPS) is 15.2. The van der Waals surface area contributed by atoms with Crippen LogP contribution >= 0.6 is 24.0 Å². The van der Waals surface area contributed by atoms with Crippen molar-refractivity contribution in [3.63, 3.8) is 0 Å². The van der Waals surface area contributed by atoms with Crippen LogP contribution in [0, 0.1) is 5.92 Å². The number of hydrogen-bond donors (Lipinski definition) is 2. The van der Waals surface area contributed by atoms with Gasteiger partial charge in [0.25, 0.3) is 0 Å². The minimum absolute atomic E-state index is 0. The Morgan fingerprint density at radius 3 is 2.33 bits per heavy atom. The summed E-state index contributed by atoms with van der Waals surface area (Å²) in [6.45, 7) is 12.8. The fraction of sp³-hybridized carbons (Fsp3) is 0.720. The molecule has 0 bridgehead atoms. The lowest BCUT2D eigenvalue weighted by Crippen LogP contribution is -2.40. The van der Waals surface area contributed by atoms with Crippen molar-refractivity contribution < 1.29 is 14.2 Å². The molecule has 7 nitrogen and oxygen atoms in total. The molecule has 2 rings (SSSR count). The minimum atomic E-state index is 0. The van der Waals surface area contributed by atoms with E-state index in [0.717, 1.165) is 64.0 Å². The second-order valence-corrected chi connectivity index (χ2v) is 8.29. The number of benzene rings is 1. The quantitative estimate of drug-likeness (QED) is 0.143. The van der Waals surface area contributed by atoms with Crippen LogP contribution in [-0.4, -0.2) is 77.1 Å². The van der Waals surface area contributed by atoms with E-state index < -0.39 is 0 Å². The Morgan fingerprint density at radius 2 is 1.70 bits per heavy atom. The van der Waals surface area contributed by atoms with Gasteiger partial charge in [-0.05, 0) is 62.9 Å². The van der Waals surface area contributed by atoms with Crippen molar-refractivity contribution in [1.82, 2.24) is 15.5 Å². The molecular weight excluding hydrogens is 531 g/mol. The summed E-state index contributed by atoms with van der Waals surface area (Å²) in [6.07, 6.45) is 4.67. The Hall–Kier alpha value is -1.10. The third-order valence-corrected chi connectivity index (χ3v) is 5.68. The highest BCUT2D eigenvalue weighted by Crippen LogP contribution is 2.20. The van der Waals surface area contributed by atoms with Crippen molar-refractivity contribution in [1.29, 1.82) is 0 Å². The maximum absolute atomic E-state index is 5.63. The summed E-state index contributed by atoms with van der Waals surface area (Å²) < 4.78 is 16.4. The molecule has 1 aliphatic heterocycles. The zero-order valence-corrected chi connectivity index (χ0v) is 23.1. The third kappa shape index (κ3) is 13.4. The second-order valence-electron chi connectivity index (χ2n) is 8.29. The van der Waals surface area contributed by atoms with Crippen molar-refractivity contribution in [2.45, 2.75) is 46.1 Å². The predicted octanol–water partition coefficient (Wildman–Crippen LogP) is 3.91. The molecule has 1 aliphatic rings. The molecule has 33 heavy (non-hydrogen) atoms. The molecule has 2 N–H and O–H groups in total. The smallest absolute Gasteiger partial charge is 0.191 e. The highest BCUT2D eigenvalue weighted by Gasteiger charge is 2.19. The molecule has 1 aromatic rings. The van der Waals surface area contributed by atoms with Gasteiger partial charge in [0.1, 0.15) is 5.75 Å². The Balaban J connectivity index is 0.00000544. The molecule has 0 saturated carbocycles. The van der Waals surface area contributed by atoms with Crippen LogP contribution in [0.25, 0.3) is 0 Å². The van der Waals surface area contributed by atoms with E-state index in [2.05, 4.69) is 41.5 Å².